The molecule has 3 N–H and O–H groups in total. The fourth-order valence-corrected chi connectivity index (χ4v) is 1.79. The van der Waals surface area contributed by atoms with E-state index in [4.69, 9.17) is 5.73 Å². The van der Waals surface area contributed by atoms with Crippen LogP contribution in [0.4, 0.5) is 5.82 Å². The maximum Gasteiger partial charge on any atom is 0.255 e. The van der Waals surface area contributed by atoms with Crippen molar-refractivity contribution in [3.05, 3.63) is 40.3 Å². The number of nitrogens with zero attached hydrogens (tertiary/aromatic N) is 3. The molecule has 1 amide bonds. The number of hydrogen-bond donors (Lipinski definition) is 2. The Balaban J connectivity index is 2.05. The molecule has 0 unspecified atom stereocenters. The molecule has 0 spiro atoms. The van der Waals surface area contributed by atoms with E-state index in [1.807, 2.05) is 19.3 Å². The van der Waals surface area contributed by atoms with Crippen molar-refractivity contribution >= 4 is 27.7 Å². The molecule has 6 nitrogen and oxygen atoms in total. The van der Waals surface area contributed by atoms with Crippen molar-refractivity contribution in [3.63, 3.8) is 0 Å². The number of aromatic nitrogens is 3. The zero-order valence-electron chi connectivity index (χ0n) is 9.72. The van der Waals surface area contributed by atoms with Crippen molar-refractivity contribution in [1.82, 2.24) is 20.1 Å². The van der Waals surface area contributed by atoms with Gasteiger partial charge in [0.15, 0.2) is 0 Å². The number of nitrogen functional groups attached to an aromatic ring is 1. The Hall–Kier alpha value is -1.89. The molecule has 0 aliphatic heterocycles. The number of nitrogens with two attached hydrogens (primary N) is 1. The first-order valence-corrected chi connectivity index (χ1v) is 6.03. The molecule has 2 rings (SSSR count). The maximum atomic E-state index is 11.9. The van der Waals surface area contributed by atoms with Crippen LogP contribution in [-0.4, -0.2) is 20.7 Å². The van der Waals surface area contributed by atoms with Gasteiger partial charge >= 0.3 is 0 Å². The molecule has 0 saturated carbocycles. The highest BCUT2D eigenvalue weighted by atomic mass is 79.9. The summed E-state index contributed by atoms with van der Waals surface area (Å²) in [6.07, 6.45) is 3.36. The number of halogens is 1. The van der Waals surface area contributed by atoms with Gasteiger partial charge in [0.05, 0.1) is 17.8 Å². The molecule has 2 heterocycles. The summed E-state index contributed by atoms with van der Waals surface area (Å²) in [5.41, 5.74) is 6.78. The Morgan fingerprint density at radius 1 is 1.61 bits per heavy atom. The molecule has 0 radical (unpaired) electrons. The van der Waals surface area contributed by atoms with Gasteiger partial charge in [0.25, 0.3) is 5.91 Å². The molecule has 0 aliphatic carbocycles. The van der Waals surface area contributed by atoms with Crippen LogP contribution in [0.15, 0.2) is 29.0 Å². The largest absolute Gasteiger partial charge is 0.383 e. The Kier molecular flexibility index (Phi) is 3.61. The van der Waals surface area contributed by atoms with Gasteiger partial charge in [-0.3, -0.25) is 9.48 Å². The quantitative estimate of drug-likeness (QED) is 0.888. The highest BCUT2D eigenvalue weighted by Crippen LogP contribution is 2.15. The predicted molar refractivity (Wildman–Crippen MR) is 70.7 cm³/mol. The number of rotatable bonds is 3. The van der Waals surface area contributed by atoms with E-state index in [0.717, 1.165) is 5.69 Å². The molecular formula is C11H12BrN5O. The highest BCUT2D eigenvalue weighted by molar-refractivity contribution is 9.10. The number of anilines is 1. The zero-order chi connectivity index (χ0) is 13.1. The average Bonchev–Trinajstić information content (AvgIpc) is 2.75. The molecule has 2 aromatic heterocycles. The number of carbonyl (C=O) groups excluding carboxylic acids is 1. The molecule has 94 valence electrons. The monoisotopic (exact) mass is 309 g/mol. The smallest absolute Gasteiger partial charge is 0.255 e. The number of hydrogen-bond acceptors (Lipinski definition) is 4. The number of nitrogens with one attached hydrogen (secondary N) is 1. The molecule has 0 aliphatic rings. The summed E-state index contributed by atoms with van der Waals surface area (Å²) in [5.74, 6) is -0.0660. The van der Waals surface area contributed by atoms with Crippen LogP contribution in [0.5, 0.6) is 0 Å². The van der Waals surface area contributed by atoms with E-state index in [0.29, 0.717) is 16.6 Å². The van der Waals surface area contributed by atoms with Gasteiger partial charge in [-0.05, 0) is 28.1 Å². The van der Waals surface area contributed by atoms with Crippen LogP contribution in [0.1, 0.15) is 16.1 Å². The molecular weight excluding hydrogens is 298 g/mol. The van der Waals surface area contributed by atoms with Crippen LogP contribution in [0.2, 0.25) is 0 Å². The Morgan fingerprint density at radius 3 is 3.06 bits per heavy atom. The first-order chi connectivity index (χ1) is 8.56. The first-order valence-electron chi connectivity index (χ1n) is 5.24. The number of amides is 1. The second-order valence-corrected chi connectivity index (χ2v) is 4.67. The SMILES string of the molecule is Cn1ccc(CNC(=O)c2cc(Br)cnc2N)n1. The van der Waals surface area contributed by atoms with E-state index in [2.05, 4.69) is 31.3 Å². The van der Waals surface area contributed by atoms with Crippen LogP contribution in [0.25, 0.3) is 0 Å². The van der Waals surface area contributed by atoms with Gasteiger partial charge < -0.3 is 11.1 Å². The average molecular weight is 310 g/mol. The minimum atomic E-state index is -0.271. The van der Waals surface area contributed by atoms with Crippen molar-refractivity contribution in [3.8, 4) is 0 Å². The third-order valence-electron chi connectivity index (χ3n) is 2.33. The maximum absolute atomic E-state index is 11.9. The normalized spacial score (nSPS) is 10.3. The lowest BCUT2D eigenvalue weighted by Crippen LogP contribution is -2.24. The van der Waals surface area contributed by atoms with E-state index in [1.54, 1.807) is 16.9 Å². The van der Waals surface area contributed by atoms with Crippen molar-refractivity contribution in [1.29, 1.82) is 0 Å². The van der Waals surface area contributed by atoms with Crippen molar-refractivity contribution in [2.45, 2.75) is 6.54 Å². The Bertz CT molecular complexity index is 581. The summed E-state index contributed by atoms with van der Waals surface area (Å²) >= 11 is 3.25. The van der Waals surface area contributed by atoms with E-state index in [-0.39, 0.29) is 11.7 Å². The second-order valence-electron chi connectivity index (χ2n) is 3.75. The van der Waals surface area contributed by atoms with Crippen molar-refractivity contribution < 1.29 is 4.79 Å². The molecule has 0 aromatic carbocycles. The van der Waals surface area contributed by atoms with Crippen LogP contribution in [0, 0.1) is 0 Å². The Morgan fingerprint density at radius 2 is 2.39 bits per heavy atom. The molecule has 0 saturated heterocycles. The third kappa shape index (κ3) is 2.86. The zero-order valence-corrected chi connectivity index (χ0v) is 11.3. The summed E-state index contributed by atoms with van der Waals surface area (Å²) in [4.78, 5) is 15.8. The fraction of sp³-hybridized carbons (Fsp3) is 0.182. The minimum Gasteiger partial charge on any atom is -0.383 e. The Labute approximate surface area is 112 Å². The van der Waals surface area contributed by atoms with Gasteiger partial charge in [-0.1, -0.05) is 0 Å². The summed E-state index contributed by atoms with van der Waals surface area (Å²) < 4.78 is 2.39. The molecule has 2 aromatic rings. The molecule has 0 fully saturated rings. The van der Waals surface area contributed by atoms with E-state index in [9.17, 15) is 4.79 Å². The van der Waals surface area contributed by atoms with Crippen LogP contribution in [-0.2, 0) is 13.6 Å². The lowest BCUT2D eigenvalue weighted by molar-refractivity contribution is 0.0951. The van der Waals surface area contributed by atoms with Crippen LogP contribution < -0.4 is 11.1 Å². The molecule has 18 heavy (non-hydrogen) atoms. The van der Waals surface area contributed by atoms with Crippen LogP contribution >= 0.6 is 15.9 Å². The summed E-state index contributed by atoms with van der Waals surface area (Å²) in [6, 6.07) is 3.47. The van der Waals surface area contributed by atoms with Gasteiger partial charge in [0, 0.05) is 23.9 Å². The molecule has 0 bridgehead atoms. The highest BCUT2D eigenvalue weighted by Gasteiger charge is 2.11. The molecule has 7 heteroatoms. The van der Waals surface area contributed by atoms with Gasteiger partial charge in [-0.15, -0.1) is 0 Å². The molecule has 0 atom stereocenters. The number of aryl methyl sites for hydroxylation is 1. The number of carbonyl (C=O) groups is 1. The predicted octanol–water partition coefficient (Wildman–Crippen LogP) is 1.09. The topological polar surface area (TPSA) is 85.8 Å². The summed E-state index contributed by atoms with van der Waals surface area (Å²) in [5, 5.41) is 6.90. The fourth-order valence-electron chi connectivity index (χ4n) is 1.46. The van der Waals surface area contributed by atoms with Crippen molar-refractivity contribution in [2.24, 2.45) is 7.05 Å². The van der Waals surface area contributed by atoms with E-state index >= 15 is 0 Å². The standard InChI is InChI=1S/C11H12BrN5O/c1-17-3-2-8(16-17)6-15-11(18)9-4-7(12)5-14-10(9)13/h2-5H,6H2,1H3,(H2,13,14)(H,15,18). The second kappa shape index (κ2) is 5.18. The van der Waals surface area contributed by atoms with Crippen LogP contribution in [0.3, 0.4) is 0 Å². The lowest BCUT2D eigenvalue weighted by atomic mass is 10.2. The lowest BCUT2D eigenvalue weighted by Gasteiger charge is -2.06. The number of pyridine rings is 1. The summed E-state index contributed by atoms with van der Waals surface area (Å²) in [7, 11) is 1.82. The minimum absolute atomic E-state index is 0.205. The van der Waals surface area contributed by atoms with Gasteiger partial charge in [-0.2, -0.15) is 5.10 Å². The van der Waals surface area contributed by atoms with Gasteiger partial charge in [-0.25, -0.2) is 4.98 Å². The van der Waals surface area contributed by atoms with Gasteiger partial charge in [0.2, 0.25) is 0 Å². The first kappa shape index (κ1) is 12.6. The van der Waals surface area contributed by atoms with E-state index in [1.165, 1.54) is 0 Å². The summed E-state index contributed by atoms with van der Waals surface area (Å²) in [6.45, 7) is 0.353. The van der Waals surface area contributed by atoms with Crippen molar-refractivity contribution in [2.75, 3.05) is 5.73 Å². The van der Waals surface area contributed by atoms with Gasteiger partial charge in [0.1, 0.15) is 5.82 Å². The third-order valence-corrected chi connectivity index (χ3v) is 2.76. The van der Waals surface area contributed by atoms with E-state index < -0.39 is 0 Å².